The largest absolute Gasteiger partial charge is 0.304 e. The van der Waals surface area contributed by atoms with Crippen molar-refractivity contribution < 1.29 is 0 Å². The number of rotatable bonds is 4. The minimum Gasteiger partial charge on any atom is -0.304 e. The van der Waals surface area contributed by atoms with Crippen molar-refractivity contribution >= 4 is 22.9 Å². The van der Waals surface area contributed by atoms with Crippen LogP contribution in [0.5, 0.6) is 0 Å². The molecule has 0 fully saturated rings. The lowest BCUT2D eigenvalue weighted by Gasteiger charge is -2.10. The lowest BCUT2D eigenvalue weighted by molar-refractivity contribution is 0.570. The normalized spacial score (nSPS) is 12.9. The Kier molecular flexibility index (Phi) is 4.04. The van der Waals surface area contributed by atoms with Gasteiger partial charge in [-0.05, 0) is 20.8 Å². The van der Waals surface area contributed by atoms with Crippen LogP contribution in [0.4, 0.5) is 0 Å². The fraction of sp³-hybridized carbons (Fsp3) is 0.500. The van der Waals surface area contributed by atoms with Crippen LogP contribution >= 0.6 is 22.9 Å². The molecule has 1 atom stereocenters. The molecule has 1 unspecified atom stereocenters. The van der Waals surface area contributed by atoms with E-state index in [1.807, 2.05) is 20.2 Å². The van der Waals surface area contributed by atoms with Crippen LogP contribution in [-0.4, -0.2) is 14.8 Å². The van der Waals surface area contributed by atoms with Gasteiger partial charge in [-0.1, -0.05) is 11.6 Å². The van der Waals surface area contributed by atoms with Gasteiger partial charge in [-0.15, -0.1) is 11.3 Å². The van der Waals surface area contributed by atoms with Crippen molar-refractivity contribution in [2.24, 2.45) is 7.05 Å². The van der Waals surface area contributed by atoms with Crippen LogP contribution in [0.2, 0.25) is 5.15 Å². The van der Waals surface area contributed by atoms with Crippen molar-refractivity contribution in [2.45, 2.75) is 33.4 Å². The van der Waals surface area contributed by atoms with E-state index in [9.17, 15) is 0 Å². The van der Waals surface area contributed by atoms with Crippen LogP contribution in [-0.2, 0) is 13.6 Å². The second-order valence-electron chi connectivity index (χ2n) is 4.39. The van der Waals surface area contributed by atoms with E-state index in [1.54, 1.807) is 16.0 Å². The number of hydrogen-bond acceptors (Lipinski definition) is 4. The quantitative estimate of drug-likeness (QED) is 0.938. The number of nitrogens with one attached hydrogen (secondary N) is 1. The van der Waals surface area contributed by atoms with E-state index < -0.39 is 0 Å². The van der Waals surface area contributed by atoms with Gasteiger partial charge in [-0.25, -0.2) is 4.98 Å². The highest BCUT2D eigenvalue weighted by Crippen LogP contribution is 2.22. The summed E-state index contributed by atoms with van der Waals surface area (Å²) in [5.74, 6) is 0. The van der Waals surface area contributed by atoms with Gasteiger partial charge >= 0.3 is 0 Å². The first-order valence-corrected chi connectivity index (χ1v) is 7.02. The number of hydrogen-bond donors (Lipinski definition) is 1. The molecule has 0 aliphatic carbocycles. The van der Waals surface area contributed by atoms with Crippen LogP contribution < -0.4 is 5.32 Å². The number of halogens is 1. The molecular weight excluding hydrogens is 268 g/mol. The molecular formula is C12H17ClN4S. The number of aryl methyl sites for hydroxylation is 3. The zero-order valence-corrected chi connectivity index (χ0v) is 12.6. The van der Waals surface area contributed by atoms with E-state index in [1.165, 1.54) is 4.88 Å². The van der Waals surface area contributed by atoms with Gasteiger partial charge in [-0.2, -0.15) is 5.10 Å². The van der Waals surface area contributed by atoms with Crippen LogP contribution in [0.15, 0.2) is 6.20 Å². The Balaban J connectivity index is 2.03. The van der Waals surface area contributed by atoms with Gasteiger partial charge in [0.2, 0.25) is 0 Å². The standard InChI is InChI=1S/C12H17ClN4S/c1-7-5-15-12(18-7)9(3)14-6-10-8(2)16-17(4)11(10)13/h5,9,14H,6H2,1-4H3. The van der Waals surface area contributed by atoms with Gasteiger partial charge in [0, 0.05) is 30.2 Å². The van der Waals surface area contributed by atoms with Crippen molar-refractivity contribution in [2.75, 3.05) is 0 Å². The molecule has 0 aromatic carbocycles. The average Bonchev–Trinajstić information content (AvgIpc) is 2.83. The van der Waals surface area contributed by atoms with Gasteiger partial charge in [0.25, 0.3) is 0 Å². The van der Waals surface area contributed by atoms with E-state index in [2.05, 4.69) is 29.2 Å². The fourth-order valence-electron chi connectivity index (χ4n) is 1.79. The molecule has 2 aromatic rings. The first-order valence-electron chi connectivity index (χ1n) is 5.82. The third-order valence-corrected chi connectivity index (χ3v) is 4.43. The van der Waals surface area contributed by atoms with Crippen molar-refractivity contribution in [1.82, 2.24) is 20.1 Å². The van der Waals surface area contributed by atoms with Crippen molar-refractivity contribution in [1.29, 1.82) is 0 Å². The number of thiazole rings is 1. The van der Waals surface area contributed by atoms with Gasteiger partial charge < -0.3 is 5.32 Å². The first-order chi connectivity index (χ1) is 8.49. The van der Waals surface area contributed by atoms with Crippen LogP contribution in [0, 0.1) is 13.8 Å². The summed E-state index contributed by atoms with van der Waals surface area (Å²) in [7, 11) is 1.85. The van der Waals surface area contributed by atoms with E-state index in [0.717, 1.165) is 16.3 Å². The highest BCUT2D eigenvalue weighted by molar-refractivity contribution is 7.11. The zero-order valence-electron chi connectivity index (χ0n) is 11.0. The van der Waals surface area contributed by atoms with E-state index >= 15 is 0 Å². The Morgan fingerprint density at radius 2 is 2.22 bits per heavy atom. The summed E-state index contributed by atoms with van der Waals surface area (Å²) in [6.07, 6.45) is 1.90. The molecule has 18 heavy (non-hydrogen) atoms. The Morgan fingerprint density at radius 3 is 2.72 bits per heavy atom. The maximum Gasteiger partial charge on any atom is 0.131 e. The maximum atomic E-state index is 6.20. The van der Waals surface area contributed by atoms with Gasteiger partial charge in [0.15, 0.2) is 0 Å². The second kappa shape index (κ2) is 5.38. The van der Waals surface area contributed by atoms with Crippen molar-refractivity contribution in [3.8, 4) is 0 Å². The van der Waals surface area contributed by atoms with E-state index in [0.29, 0.717) is 11.7 Å². The zero-order chi connectivity index (χ0) is 13.3. The lowest BCUT2D eigenvalue weighted by atomic mass is 10.2. The van der Waals surface area contributed by atoms with Crippen LogP contribution in [0.1, 0.15) is 34.1 Å². The maximum absolute atomic E-state index is 6.20. The molecule has 0 spiro atoms. The predicted molar refractivity (Wildman–Crippen MR) is 75.1 cm³/mol. The van der Waals surface area contributed by atoms with E-state index in [4.69, 9.17) is 11.6 Å². The molecule has 0 saturated carbocycles. The third kappa shape index (κ3) is 2.74. The monoisotopic (exact) mass is 284 g/mol. The molecule has 0 amide bonds. The minimum atomic E-state index is 0.222. The van der Waals surface area contributed by atoms with Crippen molar-refractivity contribution in [3.63, 3.8) is 0 Å². The number of nitrogens with zero attached hydrogens (tertiary/aromatic N) is 3. The predicted octanol–water partition coefficient (Wildman–Crippen LogP) is 3.00. The highest BCUT2D eigenvalue weighted by Gasteiger charge is 2.14. The minimum absolute atomic E-state index is 0.222. The summed E-state index contributed by atoms with van der Waals surface area (Å²) in [6.45, 7) is 6.85. The molecule has 0 bridgehead atoms. The Bertz CT molecular complexity index is 546. The second-order valence-corrected chi connectivity index (χ2v) is 6.01. The summed E-state index contributed by atoms with van der Waals surface area (Å²) < 4.78 is 1.70. The molecule has 6 heteroatoms. The molecule has 2 rings (SSSR count). The molecule has 0 radical (unpaired) electrons. The molecule has 0 aliphatic heterocycles. The lowest BCUT2D eigenvalue weighted by Crippen LogP contribution is -2.18. The summed E-state index contributed by atoms with van der Waals surface area (Å²) >= 11 is 7.91. The Hall–Kier alpha value is -0.910. The molecule has 1 N–H and O–H groups in total. The third-order valence-electron chi connectivity index (χ3n) is 2.86. The fourth-order valence-corrected chi connectivity index (χ4v) is 2.83. The Labute approximate surface area is 116 Å². The van der Waals surface area contributed by atoms with Gasteiger partial charge in [0.05, 0.1) is 11.7 Å². The molecule has 0 saturated heterocycles. The molecule has 2 heterocycles. The van der Waals surface area contributed by atoms with Crippen LogP contribution in [0.3, 0.4) is 0 Å². The average molecular weight is 285 g/mol. The molecule has 0 aliphatic rings. The molecule has 4 nitrogen and oxygen atoms in total. The molecule has 2 aromatic heterocycles. The summed E-state index contributed by atoms with van der Waals surface area (Å²) in [5, 5.41) is 9.53. The number of aromatic nitrogens is 3. The first kappa shape index (κ1) is 13.5. The Morgan fingerprint density at radius 1 is 1.50 bits per heavy atom. The van der Waals surface area contributed by atoms with Gasteiger partial charge in [0.1, 0.15) is 10.2 Å². The van der Waals surface area contributed by atoms with Gasteiger partial charge in [-0.3, -0.25) is 4.68 Å². The molecule has 98 valence electrons. The summed E-state index contributed by atoms with van der Waals surface area (Å²) in [4.78, 5) is 5.61. The SMILES string of the molecule is Cc1cnc(C(C)NCc2c(C)nn(C)c2Cl)s1. The summed E-state index contributed by atoms with van der Waals surface area (Å²) in [6, 6.07) is 0.222. The van der Waals surface area contributed by atoms with E-state index in [-0.39, 0.29) is 6.04 Å². The smallest absolute Gasteiger partial charge is 0.131 e. The van der Waals surface area contributed by atoms with Crippen molar-refractivity contribution in [3.05, 3.63) is 32.5 Å². The topological polar surface area (TPSA) is 42.7 Å². The summed E-state index contributed by atoms with van der Waals surface area (Å²) in [5.41, 5.74) is 2.02. The van der Waals surface area contributed by atoms with Crippen LogP contribution in [0.25, 0.3) is 0 Å². The highest BCUT2D eigenvalue weighted by atomic mass is 35.5.